The summed E-state index contributed by atoms with van der Waals surface area (Å²) in [5.74, 6) is 0.581. The van der Waals surface area contributed by atoms with E-state index in [4.69, 9.17) is 9.05 Å². The summed E-state index contributed by atoms with van der Waals surface area (Å²) in [5, 5.41) is 7.29. The number of hydrogen-bond donors (Lipinski definition) is 0. The van der Waals surface area contributed by atoms with Crippen LogP contribution in [0, 0.1) is 13.8 Å². The Morgan fingerprint density at radius 2 is 1.88 bits per heavy atom. The van der Waals surface area contributed by atoms with Gasteiger partial charge in [0.2, 0.25) is 0 Å². The van der Waals surface area contributed by atoms with Crippen LogP contribution in [0.4, 0.5) is 0 Å². The van der Waals surface area contributed by atoms with Gasteiger partial charge in [0.25, 0.3) is 0 Å². The van der Waals surface area contributed by atoms with E-state index in [0.29, 0.717) is 22.9 Å². The minimum Gasteiger partial charge on any atom is -0.361 e. The van der Waals surface area contributed by atoms with Gasteiger partial charge >= 0.3 is 0 Å². The second-order valence-electron chi connectivity index (χ2n) is 3.90. The summed E-state index contributed by atoms with van der Waals surface area (Å²) in [4.78, 5) is 0. The summed E-state index contributed by atoms with van der Waals surface area (Å²) in [5.41, 5.74) is 1.06. The SMILES string of the molecule is Cc1cc(CS(=O)(=O)Cc2cc(C)on2)on1. The molecule has 0 aliphatic carbocycles. The number of sulfone groups is 1. The number of nitrogens with zero attached hydrogens (tertiary/aromatic N) is 2. The molecule has 0 saturated carbocycles. The second kappa shape index (κ2) is 4.33. The third-order valence-electron chi connectivity index (χ3n) is 2.08. The average molecular weight is 256 g/mol. The van der Waals surface area contributed by atoms with Crippen molar-refractivity contribution in [2.75, 3.05) is 0 Å². The minimum absolute atomic E-state index is 0.163. The predicted molar refractivity (Wildman–Crippen MR) is 58.8 cm³/mol. The van der Waals surface area contributed by atoms with Gasteiger partial charge in [-0.1, -0.05) is 10.3 Å². The molecule has 0 bridgehead atoms. The molecule has 17 heavy (non-hydrogen) atoms. The largest absolute Gasteiger partial charge is 0.361 e. The van der Waals surface area contributed by atoms with E-state index in [1.807, 2.05) is 0 Å². The molecule has 0 atom stereocenters. The smallest absolute Gasteiger partial charge is 0.163 e. The Morgan fingerprint density at radius 3 is 2.41 bits per heavy atom. The van der Waals surface area contributed by atoms with Gasteiger partial charge in [-0.05, 0) is 13.8 Å². The maximum atomic E-state index is 11.8. The third kappa shape index (κ3) is 3.16. The van der Waals surface area contributed by atoms with E-state index in [1.165, 1.54) is 0 Å². The van der Waals surface area contributed by atoms with E-state index < -0.39 is 9.84 Å². The highest BCUT2D eigenvalue weighted by molar-refractivity contribution is 7.89. The maximum absolute atomic E-state index is 11.8. The first kappa shape index (κ1) is 11.8. The predicted octanol–water partition coefficient (Wildman–Crippen LogP) is 1.39. The standard InChI is InChI=1S/C10H12N2O4S/c1-7-3-10(16-11-7)6-17(13,14)5-9-4-8(2)15-12-9/h3-4H,5-6H2,1-2H3. The molecule has 0 N–H and O–H groups in total. The van der Waals surface area contributed by atoms with Crippen LogP contribution in [0.2, 0.25) is 0 Å². The van der Waals surface area contributed by atoms with Crippen LogP contribution in [0.5, 0.6) is 0 Å². The van der Waals surface area contributed by atoms with Gasteiger partial charge in [-0.2, -0.15) is 0 Å². The number of aromatic nitrogens is 2. The highest BCUT2D eigenvalue weighted by atomic mass is 32.2. The molecular weight excluding hydrogens is 244 g/mol. The van der Waals surface area contributed by atoms with Crippen molar-refractivity contribution in [2.45, 2.75) is 25.4 Å². The summed E-state index contributed by atoms with van der Waals surface area (Å²) in [6.07, 6.45) is 0. The number of rotatable bonds is 4. The molecule has 0 spiro atoms. The Hall–Kier alpha value is -1.63. The summed E-state index contributed by atoms with van der Waals surface area (Å²) >= 11 is 0. The fraction of sp³-hybridized carbons (Fsp3) is 0.400. The normalized spacial score (nSPS) is 11.9. The van der Waals surface area contributed by atoms with Crippen molar-refractivity contribution in [2.24, 2.45) is 0 Å². The molecule has 0 aliphatic heterocycles. The molecule has 92 valence electrons. The fourth-order valence-electron chi connectivity index (χ4n) is 1.46. The molecule has 0 amide bonds. The van der Waals surface area contributed by atoms with Gasteiger partial charge in [0, 0.05) is 12.1 Å². The van der Waals surface area contributed by atoms with Gasteiger partial charge in [0.15, 0.2) is 15.6 Å². The lowest BCUT2D eigenvalue weighted by molar-refractivity contribution is 0.387. The van der Waals surface area contributed by atoms with Crippen LogP contribution in [0.25, 0.3) is 0 Å². The molecule has 6 nitrogen and oxygen atoms in total. The summed E-state index contributed by atoms with van der Waals surface area (Å²) in [7, 11) is -3.32. The summed E-state index contributed by atoms with van der Waals surface area (Å²) < 4.78 is 33.3. The lowest BCUT2D eigenvalue weighted by Crippen LogP contribution is -2.07. The lowest BCUT2D eigenvalue weighted by Gasteiger charge is -1.97. The molecule has 7 heteroatoms. The zero-order valence-electron chi connectivity index (χ0n) is 9.50. The third-order valence-corrected chi connectivity index (χ3v) is 3.54. The number of aryl methyl sites for hydroxylation is 2. The Kier molecular flexibility index (Phi) is 3.01. The monoisotopic (exact) mass is 256 g/mol. The van der Waals surface area contributed by atoms with Crippen molar-refractivity contribution in [1.82, 2.24) is 10.3 Å². The van der Waals surface area contributed by atoms with Gasteiger partial charge in [-0.25, -0.2) is 8.42 Å². The summed E-state index contributed by atoms with van der Waals surface area (Å²) in [6.45, 7) is 3.45. The van der Waals surface area contributed by atoms with E-state index >= 15 is 0 Å². The van der Waals surface area contributed by atoms with Crippen LogP contribution in [-0.4, -0.2) is 18.7 Å². The zero-order valence-corrected chi connectivity index (χ0v) is 10.3. The molecule has 2 aromatic heterocycles. The molecule has 2 rings (SSSR count). The second-order valence-corrected chi connectivity index (χ2v) is 5.96. The van der Waals surface area contributed by atoms with Crippen LogP contribution >= 0.6 is 0 Å². The van der Waals surface area contributed by atoms with Gasteiger partial charge in [-0.15, -0.1) is 0 Å². The Labute approximate surface area is 98.5 Å². The molecule has 0 aromatic carbocycles. The first-order valence-corrected chi connectivity index (χ1v) is 6.81. The van der Waals surface area contributed by atoms with E-state index in [2.05, 4.69) is 10.3 Å². The van der Waals surface area contributed by atoms with E-state index in [-0.39, 0.29) is 11.5 Å². The van der Waals surface area contributed by atoms with Crippen LogP contribution in [-0.2, 0) is 21.3 Å². The minimum atomic E-state index is -3.32. The molecule has 0 unspecified atom stereocenters. The van der Waals surface area contributed by atoms with Crippen LogP contribution < -0.4 is 0 Å². The van der Waals surface area contributed by atoms with E-state index in [0.717, 1.165) is 0 Å². The topological polar surface area (TPSA) is 86.2 Å². The van der Waals surface area contributed by atoms with Crippen molar-refractivity contribution in [3.8, 4) is 0 Å². The van der Waals surface area contributed by atoms with Gasteiger partial charge in [0.05, 0.1) is 17.1 Å². The first-order chi connectivity index (χ1) is 7.94. The quantitative estimate of drug-likeness (QED) is 0.821. The molecule has 0 fully saturated rings. The van der Waals surface area contributed by atoms with Crippen molar-refractivity contribution >= 4 is 9.84 Å². The van der Waals surface area contributed by atoms with Crippen molar-refractivity contribution in [3.63, 3.8) is 0 Å². The van der Waals surface area contributed by atoms with Gasteiger partial charge in [0.1, 0.15) is 11.5 Å². The van der Waals surface area contributed by atoms with Crippen LogP contribution in [0.1, 0.15) is 22.9 Å². The Balaban J connectivity index is 2.09. The molecular formula is C10H12N2O4S. The highest BCUT2D eigenvalue weighted by Gasteiger charge is 2.18. The zero-order chi connectivity index (χ0) is 12.5. The molecule has 0 aliphatic rings. The molecule has 2 heterocycles. The Bertz CT molecular complexity index is 564. The van der Waals surface area contributed by atoms with Crippen molar-refractivity contribution in [1.29, 1.82) is 0 Å². The van der Waals surface area contributed by atoms with Gasteiger partial charge in [-0.3, -0.25) is 0 Å². The molecule has 2 aromatic rings. The maximum Gasteiger partial charge on any atom is 0.163 e. The van der Waals surface area contributed by atoms with E-state index in [9.17, 15) is 8.42 Å². The van der Waals surface area contributed by atoms with Crippen molar-refractivity contribution in [3.05, 3.63) is 35.0 Å². The number of hydrogen-bond acceptors (Lipinski definition) is 6. The van der Waals surface area contributed by atoms with Crippen molar-refractivity contribution < 1.29 is 17.5 Å². The highest BCUT2D eigenvalue weighted by Crippen LogP contribution is 2.13. The fourth-order valence-corrected chi connectivity index (χ4v) is 2.72. The van der Waals surface area contributed by atoms with Crippen LogP contribution in [0.3, 0.4) is 0 Å². The molecule has 0 radical (unpaired) electrons. The Morgan fingerprint density at radius 1 is 1.12 bits per heavy atom. The van der Waals surface area contributed by atoms with Crippen LogP contribution in [0.15, 0.2) is 21.2 Å². The average Bonchev–Trinajstić information content (AvgIpc) is 2.74. The lowest BCUT2D eigenvalue weighted by atomic mass is 10.4. The summed E-state index contributed by atoms with van der Waals surface area (Å²) in [6, 6.07) is 3.20. The molecule has 0 saturated heterocycles. The first-order valence-electron chi connectivity index (χ1n) is 4.99. The van der Waals surface area contributed by atoms with E-state index in [1.54, 1.807) is 26.0 Å². The van der Waals surface area contributed by atoms with Gasteiger partial charge < -0.3 is 9.05 Å².